The second-order valence-corrected chi connectivity index (χ2v) is 4.84. The Balaban J connectivity index is 2.27. The van der Waals surface area contributed by atoms with E-state index in [4.69, 9.17) is 0 Å². The van der Waals surface area contributed by atoms with Gasteiger partial charge in [0.25, 0.3) is 11.5 Å². The van der Waals surface area contributed by atoms with E-state index < -0.39 is 5.88 Å². The van der Waals surface area contributed by atoms with Crippen LogP contribution in [-0.2, 0) is 7.05 Å². The highest BCUT2D eigenvalue weighted by Crippen LogP contribution is 2.24. The highest BCUT2D eigenvalue weighted by atomic mass is 16.3. The molecule has 1 saturated carbocycles. The standard InChI is InChI=1S/C14H14N2O3/c1-16-13(18)10-5-3-2-4-9(10)11(14(16)19)12(17)15-8-6-7-8/h2-5,8,19H,6-7H2,1H3,(H,15,17)/p-1. The van der Waals surface area contributed by atoms with Crippen LogP contribution in [0.25, 0.3) is 10.8 Å². The highest BCUT2D eigenvalue weighted by molar-refractivity contribution is 6.08. The first-order chi connectivity index (χ1) is 9.09. The maximum atomic E-state index is 12.2. The van der Waals surface area contributed by atoms with Crippen molar-refractivity contribution in [1.29, 1.82) is 0 Å². The van der Waals surface area contributed by atoms with Crippen molar-refractivity contribution < 1.29 is 9.90 Å². The third-order valence-corrected chi connectivity index (χ3v) is 3.39. The topological polar surface area (TPSA) is 74.2 Å². The van der Waals surface area contributed by atoms with Crippen LogP contribution in [0.5, 0.6) is 5.88 Å². The van der Waals surface area contributed by atoms with E-state index in [1.807, 2.05) is 0 Å². The molecule has 0 unspecified atom stereocenters. The molecule has 5 nitrogen and oxygen atoms in total. The zero-order chi connectivity index (χ0) is 13.6. The van der Waals surface area contributed by atoms with Gasteiger partial charge in [0.1, 0.15) is 0 Å². The molecular formula is C14H13N2O3-. The molecule has 19 heavy (non-hydrogen) atoms. The van der Waals surface area contributed by atoms with Crippen molar-refractivity contribution in [3.8, 4) is 5.88 Å². The Morgan fingerprint density at radius 3 is 2.58 bits per heavy atom. The van der Waals surface area contributed by atoms with Crippen LogP contribution in [0.15, 0.2) is 29.1 Å². The van der Waals surface area contributed by atoms with Crippen molar-refractivity contribution in [2.24, 2.45) is 7.05 Å². The third-order valence-electron chi connectivity index (χ3n) is 3.39. The average molecular weight is 257 g/mol. The second-order valence-electron chi connectivity index (χ2n) is 4.84. The van der Waals surface area contributed by atoms with Gasteiger partial charge in [0.05, 0.1) is 5.56 Å². The maximum absolute atomic E-state index is 12.2. The maximum Gasteiger partial charge on any atom is 0.257 e. The molecule has 1 aliphatic carbocycles. The first-order valence-electron chi connectivity index (χ1n) is 6.19. The van der Waals surface area contributed by atoms with Gasteiger partial charge in [0, 0.05) is 23.9 Å². The average Bonchev–Trinajstić information content (AvgIpc) is 3.20. The Morgan fingerprint density at radius 2 is 1.95 bits per heavy atom. The molecule has 3 rings (SSSR count). The molecule has 0 aliphatic heterocycles. The van der Waals surface area contributed by atoms with E-state index in [9.17, 15) is 14.7 Å². The van der Waals surface area contributed by atoms with E-state index in [-0.39, 0.29) is 23.1 Å². The Morgan fingerprint density at radius 1 is 1.32 bits per heavy atom. The number of rotatable bonds is 2. The van der Waals surface area contributed by atoms with E-state index in [0.29, 0.717) is 10.8 Å². The molecule has 1 amide bonds. The van der Waals surface area contributed by atoms with Crippen molar-refractivity contribution in [1.82, 2.24) is 9.88 Å². The fourth-order valence-corrected chi connectivity index (χ4v) is 2.15. The number of nitrogens with zero attached hydrogens (tertiary/aromatic N) is 1. The molecule has 1 aromatic heterocycles. The van der Waals surface area contributed by atoms with E-state index in [2.05, 4.69) is 5.32 Å². The van der Waals surface area contributed by atoms with Crippen LogP contribution in [0.4, 0.5) is 0 Å². The normalized spacial score (nSPS) is 14.6. The van der Waals surface area contributed by atoms with Gasteiger partial charge in [-0.3, -0.25) is 9.59 Å². The summed E-state index contributed by atoms with van der Waals surface area (Å²) in [4.78, 5) is 24.2. The molecule has 1 heterocycles. The number of hydrogen-bond acceptors (Lipinski definition) is 3. The third kappa shape index (κ3) is 1.87. The van der Waals surface area contributed by atoms with Crippen LogP contribution < -0.4 is 16.0 Å². The van der Waals surface area contributed by atoms with Crippen LogP contribution in [0.1, 0.15) is 23.2 Å². The summed E-state index contributed by atoms with van der Waals surface area (Å²) in [5.41, 5.74) is -0.312. The molecular weight excluding hydrogens is 244 g/mol. The second kappa shape index (κ2) is 4.12. The number of nitrogens with one attached hydrogen (secondary N) is 1. The zero-order valence-electron chi connectivity index (χ0n) is 10.5. The van der Waals surface area contributed by atoms with E-state index >= 15 is 0 Å². The van der Waals surface area contributed by atoms with Crippen molar-refractivity contribution >= 4 is 16.7 Å². The van der Waals surface area contributed by atoms with Gasteiger partial charge in [-0.25, -0.2) is 0 Å². The van der Waals surface area contributed by atoms with Crippen LogP contribution in [0.3, 0.4) is 0 Å². The van der Waals surface area contributed by atoms with Crippen LogP contribution in [0, 0.1) is 0 Å². The number of carbonyl (C=O) groups excluding carboxylic acids is 1. The van der Waals surface area contributed by atoms with Gasteiger partial charge in [0.15, 0.2) is 0 Å². The van der Waals surface area contributed by atoms with Gasteiger partial charge in [-0.2, -0.15) is 0 Å². The van der Waals surface area contributed by atoms with Gasteiger partial charge >= 0.3 is 0 Å². The molecule has 0 atom stereocenters. The summed E-state index contributed by atoms with van der Waals surface area (Å²) in [6.45, 7) is 0. The lowest BCUT2D eigenvalue weighted by atomic mass is 10.1. The molecule has 1 fully saturated rings. The number of amides is 1. The molecule has 1 N–H and O–H groups in total. The number of aromatic nitrogens is 1. The number of fused-ring (bicyclic) bond motifs is 1. The Kier molecular flexibility index (Phi) is 2.55. The Hall–Kier alpha value is -2.30. The minimum Gasteiger partial charge on any atom is -0.859 e. The number of pyridine rings is 1. The fraction of sp³-hybridized carbons (Fsp3) is 0.286. The lowest BCUT2D eigenvalue weighted by Crippen LogP contribution is -2.30. The van der Waals surface area contributed by atoms with Gasteiger partial charge in [-0.15, -0.1) is 0 Å². The quantitative estimate of drug-likeness (QED) is 0.851. The van der Waals surface area contributed by atoms with Crippen LogP contribution in [0.2, 0.25) is 0 Å². The summed E-state index contributed by atoms with van der Waals surface area (Å²) in [6, 6.07) is 6.87. The van der Waals surface area contributed by atoms with Gasteiger partial charge in [0.2, 0.25) is 0 Å². The zero-order valence-corrected chi connectivity index (χ0v) is 10.5. The molecule has 1 aliphatic rings. The largest absolute Gasteiger partial charge is 0.859 e. The van der Waals surface area contributed by atoms with Crippen LogP contribution in [-0.4, -0.2) is 16.5 Å². The summed E-state index contributed by atoms with van der Waals surface area (Å²) in [5.74, 6) is -0.929. The fourth-order valence-electron chi connectivity index (χ4n) is 2.15. The number of carbonyl (C=O) groups is 1. The molecule has 98 valence electrons. The molecule has 0 saturated heterocycles. The molecule has 2 aromatic rings. The van der Waals surface area contributed by atoms with Crippen LogP contribution >= 0.6 is 0 Å². The monoisotopic (exact) mass is 257 g/mol. The minimum atomic E-state index is -0.540. The summed E-state index contributed by atoms with van der Waals surface area (Å²) in [7, 11) is 1.39. The summed E-state index contributed by atoms with van der Waals surface area (Å²) in [6.07, 6.45) is 1.90. The SMILES string of the molecule is Cn1c([O-])c(C(=O)NC2CC2)c2ccccc2c1=O. The predicted molar refractivity (Wildman–Crippen MR) is 69.1 cm³/mol. The lowest BCUT2D eigenvalue weighted by Gasteiger charge is -2.19. The first kappa shape index (κ1) is 11.8. The van der Waals surface area contributed by atoms with Gasteiger partial charge < -0.3 is 15.0 Å². The predicted octanol–water partition coefficient (Wildman–Crippen LogP) is 0.504. The summed E-state index contributed by atoms with van der Waals surface area (Å²) < 4.78 is 0.990. The molecule has 0 bridgehead atoms. The first-order valence-corrected chi connectivity index (χ1v) is 6.19. The molecule has 0 radical (unpaired) electrons. The molecule has 1 aromatic carbocycles. The minimum absolute atomic E-state index is 0.0598. The number of hydrogen-bond donors (Lipinski definition) is 1. The van der Waals surface area contributed by atoms with E-state index in [1.54, 1.807) is 24.3 Å². The lowest BCUT2D eigenvalue weighted by molar-refractivity contribution is -0.279. The van der Waals surface area contributed by atoms with E-state index in [1.165, 1.54) is 7.05 Å². The molecule has 5 heteroatoms. The highest BCUT2D eigenvalue weighted by Gasteiger charge is 2.25. The van der Waals surface area contributed by atoms with Crippen molar-refractivity contribution in [2.75, 3.05) is 0 Å². The number of benzene rings is 1. The summed E-state index contributed by atoms with van der Waals surface area (Å²) in [5, 5.41) is 15.8. The van der Waals surface area contributed by atoms with Crippen molar-refractivity contribution in [3.05, 3.63) is 40.2 Å². The molecule has 0 spiro atoms. The Labute approximate surface area is 109 Å². The van der Waals surface area contributed by atoms with Crippen molar-refractivity contribution in [3.63, 3.8) is 0 Å². The van der Waals surface area contributed by atoms with E-state index in [0.717, 1.165) is 17.4 Å². The van der Waals surface area contributed by atoms with Gasteiger partial charge in [-0.1, -0.05) is 18.2 Å². The Bertz CT molecular complexity index is 729. The smallest absolute Gasteiger partial charge is 0.257 e. The van der Waals surface area contributed by atoms with Crippen molar-refractivity contribution in [2.45, 2.75) is 18.9 Å². The summed E-state index contributed by atoms with van der Waals surface area (Å²) >= 11 is 0. The van der Waals surface area contributed by atoms with Gasteiger partial charge in [-0.05, 0) is 24.8 Å².